The molecule has 1 fully saturated rings. The maximum absolute atomic E-state index is 12.4. The van der Waals surface area contributed by atoms with E-state index in [1.54, 1.807) is 11.0 Å². The normalized spacial score (nSPS) is 17.5. The van der Waals surface area contributed by atoms with Crippen LogP contribution in [0.5, 0.6) is 0 Å². The van der Waals surface area contributed by atoms with Gasteiger partial charge in [-0.15, -0.1) is 0 Å². The van der Waals surface area contributed by atoms with Crippen LogP contribution in [0.15, 0.2) is 33.5 Å². The predicted octanol–water partition coefficient (Wildman–Crippen LogP) is 2.40. The first-order valence-corrected chi connectivity index (χ1v) is 8.39. The molecule has 1 saturated heterocycles. The molecule has 6 heteroatoms. The number of nitrogens with zero attached hydrogens (tertiary/aromatic N) is 1. The molecule has 0 bridgehead atoms. The third-order valence-electron chi connectivity index (χ3n) is 4.56. The molecule has 0 radical (unpaired) electrons. The number of esters is 1. The summed E-state index contributed by atoms with van der Waals surface area (Å²) in [6, 6.07) is 6.91. The Kier molecular flexibility index (Phi) is 4.88. The van der Waals surface area contributed by atoms with E-state index in [2.05, 4.69) is 0 Å². The highest BCUT2D eigenvalue weighted by molar-refractivity contribution is 5.81. The number of hydrogen-bond donors (Lipinski definition) is 0. The molecule has 1 aromatic carbocycles. The average Bonchev–Trinajstić information content (AvgIpc) is 2.58. The molecule has 1 unspecified atom stereocenters. The number of carbonyl (C=O) groups excluding carboxylic acids is 2. The molecule has 132 valence electrons. The van der Waals surface area contributed by atoms with Gasteiger partial charge in [-0.3, -0.25) is 9.59 Å². The second-order valence-electron chi connectivity index (χ2n) is 6.50. The van der Waals surface area contributed by atoms with Gasteiger partial charge in [0.05, 0.1) is 5.92 Å². The highest BCUT2D eigenvalue weighted by atomic mass is 16.5. The number of hydrogen-bond acceptors (Lipinski definition) is 5. The minimum absolute atomic E-state index is 0.0145. The summed E-state index contributed by atoms with van der Waals surface area (Å²) in [6.45, 7) is 4.51. The van der Waals surface area contributed by atoms with Crippen LogP contribution in [-0.4, -0.2) is 29.9 Å². The first kappa shape index (κ1) is 17.2. The Bertz CT molecular complexity index is 870. The molecule has 1 amide bonds. The zero-order valence-corrected chi connectivity index (χ0v) is 14.4. The van der Waals surface area contributed by atoms with Crippen LogP contribution < -0.4 is 5.63 Å². The van der Waals surface area contributed by atoms with Gasteiger partial charge in [-0.1, -0.05) is 12.1 Å². The standard InChI is InChI=1S/C19H21NO5/c1-12-5-6-16-15(9-18(22)25-17(16)8-12)11-24-19(23)14-4-3-7-20(10-14)13(2)21/h5-6,8-9,14H,3-4,7,10-11H2,1-2H3. The molecule has 0 saturated carbocycles. The molecular formula is C19H21NO5. The summed E-state index contributed by atoms with van der Waals surface area (Å²) in [6.07, 6.45) is 1.50. The van der Waals surface area contributed by atoms with E-state index < -0.39 is 5.63 Å². The van der Waals surface area contributed by atoms with Crippen molar-refractivity contribution < 1.29 is 18.7 Å². The fourth-order valence-corrected chi connectivity index (χ4v) is 3.18. The lowest BCUT2D eigenvalue weighted by Gasteiger charge is -2.30. The van der Waals surface area contributed by atoms with Crippen LogP contribution in [-0.2, 0) is 20.9 Å². The number of amides is 1. The lowest BCUT2D eigenvalue weighted by Crippen LogP contribution is -2.41. The highest BCUT2D eigenvalue weighted by Gasteiger charge is 2.28. The van der Waals surface area contributed by atoms with Gasteiger partial charge in [-0.25, -0.2) is 4.79 Å². The van der Waals surface area contributed by atoms with Crippen LogP contribution in [0.3, 0.4) is 0 Å². The van der Waals surface area contributed by atoms with Crippen LogP contribution in [0, 0.1) is 12.8 Å². The van der Waals surface area contributed by atoms with Gasteiger partial charge in [0.25, 0.3) is 0 Å². The highest BCUT2D eigenvalue weighted by Crippen LogP contribution is 2.21. The topological polar surface area (TPSA) is 76.8 Å². The minimum atomic E-state index is -0.468. The fraction of sp³-hybridized carbons (Fsp3) is 0.421. The second-order valence-corrected chi connectivity index (χ2v) is 6.50. The van der Waals surface area contributed by atoms with Crippen LogP contribution in [0.25, 0.3) is 11.0 Å². The Morgan fingerprint density at radius 3 is 2.88 bits per heavy atom. The van der Waals surface area contributed by atoms with E-state index in [1.807, 2.05) is 19.1 Å². The molecule has 2 heterocycles. The number of carbonyl (C=O) groups is 2. The molecule has 1 aromatic heterocycles. The van der Waals surface area contributed by atoms with Crippen molar-refractivity contribution in [2.45, 2.75) is 33.3 Å². The van der Waals surface area contributed by atoms with Gasteiger partial charge in [0.2, 0.25) is 5.91 Å². The maximum atomic E-state index is 12.4. The van der Waals surface area contributed by atoms with Crippen molar-refractivity contribution in [3.8, 4) is 0 Å². The molecule has 1 aliphatic heterocycles. The van der Waals surface area contributed by atoms with Crippen molar-refractivity contribution in [1.82, 2.24) is 4.90 Å². The van der Waals surface area contributed by atoms with Crippen molar-refractivity contribution in [1.29, 1.82) is 0 Å². The zero-order chi connectivity index (χ0) is 18.0. The number of aryl methyl sites for hydroxylation is 1. The Labute approximate surface area is 145 Å². The lowest BCUT2D eigenvalue weighted by atomic mass is 9.98. The summed E-state index contributed by atoms with van der Waals surface area (Å²) in [5, 5.41) is 0.756. The molecule has 1 atom stereocenters. The number of likely N-dealkylation sites (tertiary alicyclic amines) is 1. The maximum Gasteiger partial charge on any atom is 0.336 e. The molecule has 25 heavy (non-hydrogen) atoms. The van der Waals surface area contributed by atoms with Gasteiger partial charge >= 0.3 is 11.6 Å². The van der Waals surface area contributed by atoms with E-state index in [9.17, 15) is 14.4 Å². The number of rotatable bonds is 3. The number of ether oxygens (including phenoxy) is 1. The first-order chi connectivity index (χ1) is 11.9. The monoisotopic (exact) mass is 343 g/mol. The zero-order valence-electron chi connectivity index (χ0n) is 14.4. The number of piperidine rings is 1. The Hall–Kier alpha value is -2.63. The van der Waals surface area contributed by atoms with Crippen LogP contribution in [0.1, 0.15) is 30.9 Å². The lowest BCUT2D eigenvalue weighted by molar-refractivity contribution is -0.152. The predicted molar refractivity (Wildman–Crippen MR) is 92.0 cm³/mol. The minimum Gasteiger partial charge on any atom is -0.461 e. The Balaban J connectivity index is 1.73. The summed E-state index contributed by atoms with van der Waals surface area (Å²) in [7, 11) is 0. The molecule has 1 aliphatic rings. The molecule has 3 rings (SSSR count). The van der Waals surface area contributed by atoms with E-state index in [4.69, 9.17) is 9.15 Å². The largest absolute Gasteiger partial charge is 0.461 e. The summed E-state index contributed by atoms with van der Waals surface area (Å²) >= 11 is 0. The quantitative estimate of drug-likeness (QED) is 0.632. The first-order valence-electron chi connectivity index (χ1n) is 8.39. The van der Waals surface area contributed by atoms with Gasteiger partial charge in [-0.2, -0.15) is 0 Å². The van der Waals surface area contributed by atoms with Gasteiger partial charge < -0.3 is 14.1 Å². The van der Waals surface area contributed by atoms with Crippen molar-refractivity contribution in [2.24, 2.45) is 5.92 Å². The molecule has 2 aromatic rings. The van der Waals surface area contributed by atoms with E-state index in [-0.39, 0.29) is 24.4 Å². The number of benzene rings is 1. The van der Waals surface area contributed by atoms with Gasteiger partial charge in [0.15, 0.2) is 0 Å². The van der Waals surface area contributed by atoms with Crippen molar-refractivity contribution in [3.05, 3.63) is 45.8 Å². The van der Waals surface area contributed by atoms with Crippen molar-refractivity contribution in [3.63, 3.8) is 0 Å². The average molecular weight is 343 g/mol. The molecule has 0 N–H and O–H groups in total. The van der Waals surface area contributed by atoms with Crippen LogP contribution in [0.2, 0.25) is 0 Å². The van der Waals surface area contributed by atoms with Gasteiger partial charge in [0.1, 0.15) is 12.2 Å². The SMILES string of the molecule is CC(=O)N1CCCC(C(=O)OCc2cc(=O)oc3cc(C)ccc23)C1. The van der Waals surface area contributed by atoms with E-state index in [0.29, 0.717) is 30.7 Å². The smallest absolute Gasteiger partial charge is 0.336 e. The van der Waals surface area contributed by atoms with Crippen molar-refractivity contribution >= 4 is 22.8 Å². The molecule has 0 aliphatic carbocycles. The van der Waals surface area contributed by atoms with E-state index in [1.165, 1.54) is 13.0 Å². The van der Waals surface area contributed by atoms with Gasteiger partial charge in [0, 0.05) is 37.0 Å². The third-order valence-corrected chi connectivity index (χ3v) is 4.56. The molecular weight excluding hydrogens is 322 g/mol. The van der Waals surface area contributed by atoms with E-state index in [0.717, 1.165) is 17.4 Å². The van der Waals surface area contributed by atoms with Gasteiger partial charge in [-0.05, 0) is 31.4 Å². The Morgan fingerprint density at radius 2 is 2.12 bits per heavy atom. The summed E-state index contributed by atoms with van der Waals surface area (Å²) in [5.74, 6) is -0.676. The Morgan fingerprint density at radius 1 is 1.32 bits per heavy atom. The van der Waals surface area contributed by atoms with E-state index >= 15 is 0 Å². The molecule has 0 spiro atoms. The van der Waals surface area contributed by atoms with Crippen LogP contribution in [0.4, 0.5) is 0 Å². The summed E-state index contributed by atoms with van der Waals surface area (Å²) in [5.41, 5.74) is 1.62. The summed E-state index contributed by atoms with van der Waals surface area (Å²) < 4.78 is 10.6. The van der Waals surface area contributed by atoms with Crippen molar-refractivity contribution in [2.75, 3.05) is 13.1 Å². The third kappa shape index (κ3) is 3.90. The fourth-order valence-electron chi connectivity index (χ4n) is 3.18. The van der Waals surface area contributed by atoms with Crippen LogP contribution >= 0.6 is 0 Å². The number of fused-ring (bicyclic) bond motifs is 1. The summed E-state index contributed by atoms with van der Waals surface area (Å²) in [4.78, 5) is 37.2. The molecule has 6 nitrogen and oxygen atoms in total. The second kappa shape index (κ2) is 7.09.